The van der Waals surface area contributed by atoms with Gasteiger partial charge in [0.15, 0.2) is 0 Å². The van der Waals surface area contributed by atoms with E-state index in [1.54, 1.807) is 26.8 Å². The number of carbonyl (C=O) groups is 4. The fourth-order valence-electron chi connectivity index (χ4n) is 3.29. The van der Waals surface area contributed by atoms with Crippen molar-refractivity contribution in [3.63, 3.8) is 0 Å². The lowest BCUT2D eigenvalue weighted by Crippen LogP contribution is -2.27. The number of ether oxygens (including phenoxy) is 3. The fraction of sp³-hybridized carbons (Fsp3) is 0.407. The number of amides is 1. The molecule has 0 atom stereocenters. The van der Waals surface area contributed by atoms with Gasteiger partial charge in [0, 0.05) is 26.3 Å². The molecular formula is C27H36N2O8Si. The van der Waals surface area contributed by atoms with E-state index in [1.807, 2.05) is 0 Å². The van der Waals surface area contributed by atoms with E-state index in [9.17, 15) is 24.3 Å². The number of carboxylic acid groups (broad SMARTS) is 1. The zero-order valence-corrected chi connectivity index (χ0v) is 23.9. The van der Waals surface area contributed by atoms with Crippen LogP contribution in [0.1, 0.15) is 36.8 Å². The lowest BCUT2D eigenvalue weighted by molar-refractivity contribution is -0.135. The topological polar surface area (TPSA) is 124 Å². The summed E-state index contributed by atoms with van der Waals surface area (Å²) in [4.78, 5) is 49.8. The van der Waals surface area contributed by atoms with Crippen LogP contribution in [0.5, 0.6) is 0 Å². The van der Waals surface area contributed by atoms with Crippen LogP contribution in [0.3, 0.4) is 0 Å². The van der Waals surface area contributed by atoms with Gasteiger partial charge in [0.2, 0.25) is 6.41 Å². The van der Waals surface area contributed by atoms with E-state index in [2.05, 4.69) is 19.6 Å². The number of esters is 1. The van der Waals surface area contributed by atoms with Crippen LogP contribution in [-0.2, 0) is 23.8 Å². The number of rotatable bonds is 11. The highest BCUT2D eigenvalue weighted by atomic mass is 28.3. The monoisotopic (exact) mass is 544 g/mol. The van der Waals surface area contributed by atoms with Crippen molar-refractivity contribution >= 4 is 49.5 Å². The summed E-state index contributed by atoms with van der Waals surface area (Å²) in [5, 5.41) is 9.85. The number of methoxy groups -OCH3 is 1. The molecule has 0 saturated carbocycles. The number of aromatic nitrogens is 1. The molecule has 0 aliphatic rings. The Bertz CT molecular complexity index is 1250. The molecule has 2 rings (SSSR count). The van der Waals surface area contributed by atoms with Crippen LogP contribution >= 0.6 is 0 Å². The highest BCUT2D eigenvalue weighted by molar-refractivity contribution is 6.76. The van der Waals surface area contributed by atoms with Crippen LogP contribution in [0, 0.1) is 0 Å². The number of fused-ring (bicyclic) bond motifs is 1. The van der Waals surface area contributed by atoms with Crippen LogP contribution in [-0.4, -0.2) is 73.1 Å². The second-order valence-electron chi connectivity index (χ2n) is 10.8. The predicted molar refractivity (Wildman–Crippen MR) is 147 cm³/mol. The van der Waals surface area contributed by atoms with E-state index >= 15 is 0 Å². The van der Waals surface area contributed by atoms with Gasteiger partial charge in [-0.3, -0.25) is 9.69 Å². The number of hydrogen-bond acceptors (Lipinski definition) is 7. The molecule has 0 fully saturated rings. The van der Waals surface area contributed by atoms with Crippen molar-refractivity contribution in [1.82, 2.24) is 9.47 Å². The Hall–Kier alpha value is -3.70. The first-order valence-electron chi connectivity index (χ1n) is 12.0. The maximum absolute atomic E-state index is 13.1. The summed E-state index contributed by atoms with van der Waals surface area (Å²) in [6.45, 7) is 12.3. The molecule has 38 heavy (non-hydrogen) atoms. The summed E-state index contributed by atoms with van der Waals surface area (Å²) >= 11 is 0. The van der Waals surface area contributed by atoms with Gasteiger partial charge in [-0.05, 0) is 63.2 Å². The van der Waals surface area contributed by atoms with Gasteiger partial charge < -0.3 is 19.3 Å². The largest absolute Gasteiger partial charge is 0.478 e. The molecule has 1 amide bonds. The SMILES string of the molecule is COC(=O)C(/C=C/c1cc2cc(C(=O)O)ccc2n1C(=O)OC(C)(C)C)=C/N(C=O)COCC[Si](C)(C)C. The van der Waals surface area contributed by atoms with Crippen molar-refractivity contribution < 1.29 is 38.5 Å². The third-order valence-corrected chi connectivity index (χ3v) is 6.89. The van der Waals surface area contributed by atoms with Gasteiger partial charge in [-0.15, -0.1) is 0 Å². The minimum atomic E-state index is -1.30. The molecule has 10 nitrogen and oxygen atoms in total. The Labute approximate surface area is 223 Å². The second kappa shape index (κ2) is 12.7. The van der Waals surface area contributed by atoms with E-state index in [4.69, 9.17) is 14.2 Å². The smallest absolute Gasteiger partial charge is 0.419 e. The highest BCUT2D eigenvalue weighted by Crippen LogP contribution is 2.25. The molecule has 0 saturated heterocycles. The van der Waals surface area contributed by atoms with Crippen molar-refractivity contribution in [2.45, 2.75) is 52.1 Å². The van der Waals surface area contributed by atoms with Gasteiger partial charge in [-0.2, -0.15) is 0 Å². The molecule has 1 N–H and O–H groups in total. The molecule has 206 valence electrons. The van der Waals surface area contributed by atoms with Crippen molar-refractivity contribution in [3.8, 4) is 0 Å². The predicted octanol–water partition coefficient (Wildman–Crippen LogP) is 4.96. The minimum absolute atomic E-state index is 0.0283. The summed E-state index contributed by atoms with van der Waals surface area (Å²) in [7, 11) is -0.0915. The molecule has 0 spiro atoms. The first-order valence-corrected chi connectivity index (χ1v) is 15.7. The zero-order valence-electron chi connectivity index (χ0n) is 22.9. The quantitative estimate of drug-likeness (QED) is 0.0800. The van der Waals surface area contributed by atoms with E-state index in [1.165, 1.54) is 53.1 Å². The molecule has 2 aromatic rings. The minimum Gasteiger partial charge on any atom is -0.478 e. The third-order valence-electron chi connectivity index (χ3n) is 5.18. The maximum atomic E-state index is 13.1. The van der Waals surface area contributed by atoms with E-state index in [0.717, 1.165) is 6.04 Å². The van der Waals surface area contributed by atoms with Gasteiger partial charge in [-0.1, -0.05) is 19.6 Å². The van der Waals surface area contributed by atoms with Gasteiger partial charge in [0.25, 0.3) is 0 Å². The lowest BCUT2D eigenvalue weighted by atomic mass is 10.1. The summed E-state index contributed by atoms with van der Waals surface area (Å²) < 4.78 is 17.3. The van der Waals surface area contributed by atoms with Gasteiger partial charge >= 0.3 is 18.0 Å². The van der Waals surface area contributed by atoms with Crippen molar-refractivity contribution in [2.24, 2.45) is 0 Å². The van der Waals surface area contributed by atoms with Crippen LogP contribution in [0.2, 0.25) is 25.7 Å². The number of aromatic carboxylic acids is 1. The second-order valence-corrected chi connectivity index (χ2v) is 16.5. The summed E-state index contributed by atoms with van der Waals surface area (Å²) in [6, 6.07) is 6.88. The molecule has 1 aromatic carbocycles. The Morgan fingerprint density at radius 1 is 1.13 bits per heavy atom. The molecule has 0 unspecified atom stereocenters. The molecule has 1 aromatic heterocycles. The van der Waals surface area contributed by atoms with Gasteiger partial charge in [-0.25, -0.2) is 19.0 Å². The van der Waals surface area contributed by atoms with Crippen LogP contribution in [0.25, 0.3) is 17.0 Å². The third kappa shape index (κ3) is 9.00. The van der Waals surface area contributed by atoms with Crippen LogP contribution in [0.15, 0.2) is 42.1 Å². The maximum Gasteiger partial charge on any atom is 0.419 e. The van der Waals surface area contributed by atoms with E-state index < -0.39 is 31.7 Å². The standard InChI is InChI=1S/C27H36N2O8Si/c1-27(2,3)37-26(34)29-22(15-21-14-19(24(31)32)9-11-23(21)29)10-8-20(25(33)35-4)16-28(17-30)18-36-12-13-38(5,6)7/h8-11,14-17H,12-13,18H2,1-7H3,(H,31,32)/b10-8+,20-16+. The summed E-state index contributed by atoms with van der Waals surface area (Å²) in [5.41, 5.74) is 0.0569. The lowest BCUT2D eigenvalue weighted by Gasteiger charge is -2.20. The average Bonchev–Trinajstić information content (AvgIpc) is 3.18. The average molecular weight is 545 g/mol. The highest BCUT2D eigenvalue weighted by Gasteiger charge is 2.22. The number of carbonyl (C=O) groups excluding carboxylic acids is 3. The van der Waals surface area contributed by atoms with E-state index in [0.29, 0.717) is 29.6 Å². The van der Waals surface area contributed by atoms with E-state index in [-0.39, 0.29) is 17.9 Å². The van der Waals surface area contributed by atoms with Crippen LogP contribution < -0.4 is 0 Å². The number of benzene rings is 1. The molecule has 0 bridgehead atoms. The first-order chi connectivity index (χ1) is 17.6. The van der Waals surface area contributed by atoms with Crippen LogP contribution in [0.4, 0.5) is 4.79 Å². The Kier molecular flexibility index (Phi) is 10.2. The van der Waals surface area contributed by atoms with Gasteiger partial charge in [0.05, 0.1) is 29.5 Å². The molecule has 0 radical (unpaired) electrons. The number of carboxylic acids is 1. The zero-order chi connectivity index (χ0) is 28.7. The summed E-state index contributed by atoms with van der Waals surface area (Å²) in [5.74, 6) is -1.81. The molecule has 1 heterocycles. The number of nitrogens with zero attached hydrogens (tertiary/aromatic N) is 2. The molecule has 0 aliphatic carbocycles. The Morgan fingerprint density at radius 3 is 2.37 bits per heavy atom. The molecule has 0 aliphatic heterocycles. The molecular weight excluding hydrogens is 508 g/mol. The first kappa shape index (κ1) is 30.5. The molecule has 11 heteroatoms. The summed E-state index contributed by atoms with van der Waals surface area (Å²) in [6.07, 6.45) is 4.05. The van der Waals surface area contributed by atoms with Crippen molar-refractivity contribution in [3.05, 3.63) is 53.4 Å². The van der Waals surface area contributed by atoms with Crippen molar-refractivity contribution in [2.75, 3.05) is 20.4 Å². The van der Waals surface area contributed by atoms with Gasteiger partial charge in [0.1, 0.15) is 12.3 Å². The Morgan fingerprint density at radius 2 is 1.82 bits per heavy atom. The van der Waals surface area contributed by atoms with Crippen molar-refractivity contribution in [1.29, 1.82) is 0 Å². The normalized spacial score (nSPS) is 12.6. The Balaban J connectivity index is 2.47. The number of hydrogen-bond donors (Lipinski definition) is 1. The fourth-order valence-corrected chi connectivity index (χ4v) is 4.04.